The zero-order valence-electron chi connectivity index (χ0n) is 12.6. The molecule has 110 valence electrons. The van der Waals surface area contributed by atoms with Crippen LogP contribution >= 0.6 is 0 Å². The molecule has 1 amide bonds. The minimum atomic E-state index is 0.116. The largest absolute Gasteiger partial charge is 0.349 e. The molecule has 0 saturated carbocycles. The number of rotatable bonds is 6. The number of carbonyl (C=O) groups is 1. The van der Waals surface area contributed by atoms with Crippen molar-refractivity contribution in [1.29, 1.82) is 0 Å². The molecule has 0 bridgehead atoms. The van der Waals surface area contributed by atoms with Gasteiger partial charge in [-0.05, 0) is 43.3 Å². The molecule has 1 aliphatic rings. The monoisotopic (exact) mass is 274 g/mol. The van der Waals surface area contributed by atoms with Crippen LogP contribution in [0.2, 0.25) is 0 Å². The highest BCUT2D eigenvalue weighted by molar-refractivity contribution is 5.76. The van der Waals surface area contributed by atoms with Gasteiger partial charge in [-0.3, -0.25) is 4.79 Å². The van der Waals surface area contributed by atoms with Crippen LogP contribution in [0.25, 0.3) is 0 Å². The summed E-state index contributed by atoms with van der Waals surface area (Å²) >= 11 is 0. The van der Waals surface area contributed by atoms with E-state index in [1.165, 1.54) is 12.0 Å². The Labute approximate surface area is 122 Å². The van der Waals surface area contributed by atoms with Gasteiger partial charge in [0.05, 0.1) is 6.04 Å². The van der Waals surface area contributed by atoms with Gasteiger partial charge < -0.3 is 10.6 Å². The molecule has 2 unspecified atom stereocenters. The summed E-state index contributed by atoms with van der Waals surface area (Å²) in [5.41, 5.74) is 1.19. The highest BCUT2D eigenvalue weighted by Crippen LogP contribution is 2.22. The van der Waals surface area contributed by atoms with Crippen LogP contribution in [0.15, 0.2) is 30.3 Å². The van der Waals surface area contributed by atoms with Crippen molar-refractivity contribution in [3.05, 3.63) is 35.9 Å². The van der Waals surface area contributed by atoms with Gasteiger partial charge in [-0.25, -0.2) is 0 Å². The van der Waals surface area contributed by atoms with Gasteiger partial charge in [0, 0.05) is 6.42 Å². The third-order valence-corrected chi connectivity index (χ3v) is 4.08. The van der Waals surface area contributed by atoms with Gasteiger partial charge in [-0.2, -0.15) is 0 Å². The summed E-state index contributed by atoms with van der Waals surface area (Å²) < 4.78 is 0. The van der Waals surface area contributed by atoms with Crippen molar-refractivity contribution >= 4 is 5.91 Å². The van der Waals surface area contributed by atoms with Crippen LogP contribution in [0.1, 0.15) is 44.7 Å². The lowest BCUT2D eigenvalue weighted by molar-refractivity contribution is -0.122. The van der Waals surface area contributed by atoms with E-state index in [2.05, 4.69) is 36.6 Å². The van der Waals surface area contributed by atoms with E-state index >= 15 is 0 Å². The molecular formula is C17H26N2O. The lowest BCUT2D eigenvalue weighted by Gasteiger charge is -2.23. The number of carbonyl (C=O) groups excluding carboxylic acids is 1. The maximum atomic E-state index is 12.2. The summed E-state index contributed by atoms with van der Waals surface area (Å²) in [4.78, 5) is 12.2. The van der Waals surface area contributed by atoms with Crippen LogP contribution in [0.3, 0.4) is 0 Å². The van der Waals surface area contributed by atoms with Crippen molar-refractivity contribution in [3.8, 4) is 0 Å². The van der Waals surface area contributed by atoms with Gasteiger partial charge in [-0.15, -0.1) is 0 Å². The lowest BCUT2D eigenvalue weighted by Crippen LogP contribution is -2.32. The maximum Gasteiger partial charge on any atom is 0.220 e. The van der Waals surface area contributed by atoms with Crippen molar-refractivity contribution in [2.45, 2.75) is 39.2 Å². The average molecular weight is 274 g/mol. The zero-order valence-corrected chi connectivity index (χ0v) is 12.6. The molecule has 3 nitrogen and oxygen atoms in total. The summed E-state index contributed by atoms with van der Waals surface area (Å²) in [7, 11) is 0. The molecule has 0 radical (unpaired) electrons. The Morgan fingerprint density at radius 2 is 2.10 bits per heavy atom. The highest BCUT2D eigenvalue weighted by atomic mass is 16.1. The highest BCUT2D eigenvalue weighted by Gasteiger charge is 2.20. The Morgan fingerprint density at radius 3 is 2.70 bits per heavy atom. The van der Waals surface area contributed by atoms with E-state index in [1.54, 1.807) is 0 Å². The van der Waals surface area contributed by atoms with Gasteiger partial charge in [0.25, 0.3) is 0 Å². The molecule has 1 heterocycles. The number of nitrogens with one attached hydrogen (secondary N) is 2. The number of amides is 1. The SMILES string of the molecule is CC(C)C(NC(=O)CCC1CCNC1)c1ccccc1. The van der Waals surface area contributed by atoms with E-state index < -0.39 is 0 Å². The first-order valence-corrected chi connectivity index (χ1v) is 7.72. The summed E-state index contributed by atoms with van der Waals surface area (Å²) in [6, 6.07) is 10.4. The van der Waals surface area contributed by atoms with Gasteiger partial charge in [-0.1, -0.05) is 44.2 Å². The first-order chi connectivity index (χ1) is 9.66. The van der Waals surface area contributed by atoms with Crippen LogP contribution in [0, 0.1) is 11.8 Å². The molecule has 1 aliphatic heterocycles. The fourth-order valence-corrected chi connectivity index (χ4v) is 2.84. The predicted molar refractivity (Wildman–Crippen MR) is 82.4 cm³/mol. The Bertz CT molecular complexity index is 410. The van der Waals surface area contributed by atoms with Crippen molar-refractivity contribution in [3.63, 3.8) is 0 Å². The molecule has 1 fully saturated rings. The van der Waals surface area contributed by atoms with Crippen molar-refractivity contribution < 1.29 is 4.79 Å². The second-order valence-corrected chi connectivity index (χ2v) is 6.10. The fraction of sp³-hybridized carbons (Fsp3) is 0.588. The maximum absolute atomic E-state index is 12.2. The standard InChI is InChI=1S/C17H26N2O/c1-13(2)17(15-6-4-3-5-7-15)19-16(20)9-8-14-10-11-18-12-14/h3-7,13-14,17-18H,8-12H2,1-2H3,(H,19,20). The van der Waals surface area contributed by atoms with Crippen LogP contribution < -0.4 is 10.6 Å². The number of benzene rings is 1. The molecule has 2 rings (SSSR count). The summed E-state index contributed by atoms with van der Waals surface area (Å²) in [5.74, 6) is 1.25. The van der Waals surface area contributed by atoms with Crippen molar-refractivity contribution in [2.75, 3.05) is 13.1 Å². The van der Waals surface area contributed by atoms with Gasteiger partial charge in [0.2, 0.25) is 5.91 Å². The molecule has 1 saturated heterocycles. The van der Waals surface area contributed by atoms with E-state index in [4.69, 9.17) is 0 Å². The van der Waals surface area contributed by atoms with Crippen molar-refractivity contribution in [2.24, 2.45) is 11.8 Å². The molecular weight excluding hydrogens is 248 g/mol. The van der Waals surface area contributed by atoms with Crippen LogP contribution in [-0.2, 0) is 4.79 Å². The van der Waals surface area contributed by atoms with E-state index in [9.17, 15) is 4.79 Å². The summed E-state index contributed by atoms with van der Waals surface area (Å²) in [6.45, 7) is 6.47. The van der Waals surface area contributed by atoms with Gasteiger partial charge in [0.15, 0.2) is 0 Å². The predicted octanol–water partition coefficient (Wildman–Crippen LogP) is 2.89. The van der Waals surface area contributed by atoms with Crippen LogP contribution in [0.5, 0.6) is 0 Å². The smallest absolute Gasteiger partial charge is 0.220 e. The third kappa shape index (κ3) is 4.34. The van der Waals surface area contributed by atoms with E-state index in [1.807, 2.05) is 18.2 Å². The van der Waals surface area contributed by atoms with Crippen molar-refractivity contribution in [1.82, 2.24) is 10.6 Å². The second-order valence-electron chi connectivity index (χ2n) is 6.10. The average Bonchev–Trinajstić information content (AvgIpc) is 2.96. The zero-order chi connectivity index (χ0) is 14.4. The molecule has 0 spiro atoms. The van der Waals surface area contributed by atoms with Gasteiger partial charge in [0.1, 0.15) is 0 Å². The van der Waals surface area contributed by atoms with Crippen LogP contribution in [-0.4, -0.2) is 19.0 Å². The first kappa shape index (κ1) is 15.0. The van der Waals surface area contributed by atoms with Gasteiger partial charge >= 0.3 is 0 Å². The summed E-state index contributed by atoms with van der Waals surface area (Å²) in [6.07, 6.45) is 2.85. The first-order valence-electron chi connectivity index (χ1n) is 7.72. The van der Waals surface area contributed by atoms with E-state index in [-0.39, 0.29) is 11.9 Å². The molecule has 2 atom stereocenters. The van der Waals surface area contributed by atoms with Crippen LogP contribution in [0.4, 0.5) is 0 Å². The normalized spacial score (nSPS) is 20.1. The molecule has 0 aromatic heterocycles. The molecule has 0 aliphatic carbocycles. The van der Waals surface area contributed by atoms with E-state index in [0.29, 0.717) is 18.3 Å². The molecule has 1 aromatic carbocycles. The Kier molecular flexibility index (Phi) is 5.60. The minimum absolute atomic E-state index is 0.116. The Balaban J connectivity index is 1.86. The summed E-state index contributed by atoms with van der Waals surface area (Å²) in [5, 5.41) is 6.55. The molecule has 1 aromatic rings. The molecule has 20 heavy (non-hydrogen) atoms. The third-order valence-electron chi connectivity index (χ3n) is 4.08. The lowest BCUT2D eigenvalue weighted by atomic mass is 9.95. The topological polar surface area (TPSA) is 41.1 Å². The number of hydrogen-bond donors (Lipinski definition) is 2. The number of hydrogen-bond acceptors (Lipinski definition) is 2. The molecule has 2 N–H and O–H groups in total. The van der Waals surface area contributed by atoms with E-state index in [0.717, 1.165) is 19.5 Å². The second kappa shape index (κ2) is 7.44. The Morgan fingerprint density at radius 1 is 1.35 bits per heavy atom. The quantitative estimate of drug-likeness (QED) is 0.837. The molecule has 3 heteroatoms. The Hall–Kier alpha value is -1.35. The fourth-order valence-electron chi connectivity index (χ4n) is 2.84. The minimum Gasteiger partial charge on any atom is -0.349 e.